The Hall–Kier alpha value is -2.23. The van der Waals surface area contributed by atoms with Gasteiger partial charge in [0.15, 0.2) is 5.69 Å². The molecule has 138 valence electrons. The highest BCUT2D eigenvalue weighted by molar-refractivity contribution is 5.88. The fraction of sp³-hybridized carbons (Fsp3) is 0.500. The van der Waals surface area contributed by atoms with Gasteiger partial charge in [-0.15, -0.1) is 0 Å². The van der Waals surface area contributed by atoms with Crippen molar-refractivity contribution in [3.8, 4) is 0 Å². The molecule has 3 rings (SSSR count). The van der Waals surface area contributed by atoms with E-state index in [9.17, 15) is 4.79 Å². The summed E-state index contributed by atoms with van der Waals surface area (Å²) in [7, 11) is 0. The van der Waals surface area contributed by atoms with Crippen LogP contribution < -0.4 is 0 Å². The normalized spacial score (nSPS) is 19.9. The highest BCUT2D eigenvalue weighted by atomic mass is 16.5. The van der Waals surface area contributed by atoms with E-state index in [1.807, 2.05) is 13.8 Å². The Bertz CT molecular complexity index is 730. The monoisotopic (exact) mass is 352 g/mol. The van der Waals surface area contributed by atoms with E-state index in [-0.39, 0.29) is 5.97 Å². The van der Waals surface area contributed by atoms with Crippen molar-refractivity contribution in [2.45, 2.75) is 58.3 Å². The van der Waals surface area contributed by atoms with Gasteiger partial charge in [0.2, 0.25) is 0 Å². The van der Waals surface area contributed by atoms with Gasteiger partial charge in [0, 0.05) is 11.3 Å². The summed E-state index contributed by atoms with van der Waals surface area (Å²) in [6.07, 6.45) is 8.62. The van der Waals surface area contributed by atoms with Gasteiger partial charge in [-0.3, -0.25) is 0 Å². The summed E-state index contributed by atoms with van der Waals surface area (Å²) in [5.41, 5.74) is 3.72. The second-order valence-electron chi connectivity index (χ2n) is 7.19. The van der Waals surface area contributed by atoms with Crippen molar-refractivity contribution in [1.82, 2.24) is 9.97 Å². The molecule has 0 spiro atoms. The van der Waals surface area contributed by atoms with Gasteiger partial charge >= 0.3 is 5.97 Å². The number of rotatable bonds is 6. The van der Waals surface area contributed by atoms with Crippen molar-refractivity contribution >= 4 is 5.97 Å². The Morgan fingerprint density at radius 3 is 2.77 bits per heavy atom. The lowest BCUT2D eigenvalue weighted by Crippen LogP contribution is -2.16. The molecular formula is C22H28N2O2. The summed E-state index contributed by atoms with van der Waals surface area (Å²) in [5, 5.41) is 0. The number of esters is 1. The van der Waals surface area contributed by atoms with Crippen LogP contribution in [0.4, 0.5) is 0 Å². The van der Waals surface area contributed by atoms with Crippen LogP contribution in [0.5, 0.6) is 0 Å². The number of nitrogens with zero attached hydrogens (tertiary/aromatic N) is 2. The van der Waals surface area contributed by atoms with E-state index in [2.05, 4.69) is 40.3 Å². The molecule has 0 radical (unpaired) electrons. The van der Waals surface area contributed by atoms with Gasteiger partial charge in [0.05, 0.1) is 6.61 Å². The first-order valence-electron chi connectivity index (χ1n) is 9.71. The Labute approximate surface area is 156 Å². The van der Waals surface area contributed by atoms with Crippen molar-refractivity contribution in [3.05, 3.63) is 59.2 Å². The number of benzene rings is 1. The second-order valence-corrected chi connectivity index (χ2v) is 7.19. The van der Waals surface area contributed by atoms with Crippen molar-refractivity contribution < 1.29 is 9.53 Å². The molecule has 0 amide bonds. The summed E-state index contributed by atoms with van der Waals surface area (Å²) >= 11 is 0. The molecule has 0 bridgehead atoms. The zero-order valence-corrected chi connectivity index (χ0v) is 15.8. The SMILES string of the molecule is CCOC(=O)c1ncnc(CC[C@H]2CCC[C@@H](c3ccccc3)C2)c1C. The summed E-state index contributed by atoms with van der Waals surface area (Å²) in [5.74, 6) is 1.04. The molecule has 0 saturated heterocycles. The minimum atomic E-state index is -0.351. The molecule has 2 atom stereocenters. The van der Waals surface area contributed by atoms with Gasteiger partial charge in [-0.1, -0.05) is 43.2 Å². The molecule has 1 aromatic heterocycles. The minimum absolute atomic E-state index is 0.351. The summed E-state index contributed by atoms with van der Waals surface area (Å²) in [4.78, 5) is 20.6. The van der Waals surface area contributed by atoms with E-state index in [0.717, 1.165) is 30.0 Å². The van der Waals surface area contributed by atoms with E-state index < -0.39 is 0 Å². The maximum atomic E-state index is 12.0. The molecule has 1 saturated carbocycles. The van der Waals surface area contributed by atoms with Crippen LogP contribution in [-0.4, -0.2) is 22.5 Å². The first kappa shape index (κ1) is 18.6. The molecule has 1 fully saturated rings. The maximum Gasteiger partial charge on any atom is 0.357 e. The van der Waals surface area contributed by atoms with Crippen LogP contribution in [-0.2, 0) is 11.2 Å². The molecule has 1 aliphatic carbocycles. The van der Waals surface area contributed by atoms with Crippen molar-refractivity contribution in [3.63, 3.8) is 0 Å². The number of ether oxygens (including phenoxy) is 1. The van der Waals surface area contributed by atoms with Crippen molar-refractivity contribution in [2.75, 3.05) is 6.61 Å². The molecule has 4 nitrogen and oxygen atoms in total. The van der Waals surface area contributed by atoms with Crippen LogP contribution in [0.2, 0.25) is 0 Å². The average molecular weight is 352 g/mol. The lowest BCUT2D eigenvalue weighted by molar-refractivity contribution is 0.0518. The Kier molecular flexibility index (Phi) is 6.37. The summed E-state index contributed by atoms with van der Waals surface area (Å²) in [6, 6.07) is 10.9. The Morgan fingerprint density at radius 1 is 1.19 bits per heavy atom. The number of hydrogen-bond donors (Lipinski definition) is 0. The Balaban J connectivity index is 1.62. The summed E-state index contributed by atoms with van der Waals surface area (Å²) in [6.45, 7) is 4.09. The molecule has 0 N–H and O–H groups in total. The van der Waals surface area contributed by atoms with E-state index >= 15 is 0 Å². The fourth-order valence-electron chi connectivity index (χ4n) is 4.07. The van der Waals surface area contributed by atoms with E-state index in [4.69, 9.17) is 4.74 Å². The van der Waals surface area contributed by atoms with Crippen LogP contribution in [0.3, 0.4) is 0 Å². The Morgan fingerprint density at radius 2 is 2.00 bits per heavy atom. The summed E-state index contributed by atoms with van der Waals surface area (Å²) < 4.78 is 5.09. The van der Waals surface area contributed by atoms with E-state index in [1.54, 1.807) is 0 Å². The molecule has 1 heterocycles. The predicted molar refractivity (Wildman–Crippen MR) is 102 cm³/mol. The third-order valence-electron chi connectivity index (χ3n) is 5.50. The van der Waals surface area contributed by atoms with Crippen LogP contribution in [0.1, 0.15) is 72.3 Å². The molecule has 4 heteroatoms. The molecule has 26 heavy (non-hydrogen) atoms. The van der Waals surface area contributed by atoms with Crippen LogP contribution in [0.15, 0.2) is 36.7 Å². The molecular weight excluding hydrogens is 324 g/mol. The predicted octanol–water partition coefficient (Wildman–Crippen LogP) is 4.87. The van der Waals surface area contributed by atoms with Crippen molar-refractivity contribution in [2.24, 2.45) is 5.92 Å². The average Bonchev–Trinajstić information content (AvgIpc) is 2.68. The quantitative estimate of drug-likeness (QED) is 0.696. The highest BCUT2D eigenvalue weighted by Crippen LogP contribution is 2.38. The minimum Gasteiger partial charge on any atom is -0.461 e. The van der Waals surface area contributed by atoms with E-state index in [1.165, 1.54) is 37.6 Å². The highest BCUT2D eigenvalue weighted by Gasteiger charge is 2.24. The number of carbonyl (C=O) groups is 1. The van der Waals surface area contributed by atoms with Gasteiger partial charge in [-0.05, 0) is 56.9 Å². The lowest BCUT2D eigenvalue weighted by atomic mass is 9.76. The van der Waals surface area contributed by atoms with E-state index in [0.29, 0.717) is 18.2 Å². The number of aryl methyl sites for hydroxylation is 1. The molecule has 0 aliphatic heterocycles. The standard InChI is InChI=1S/C22H28N2O2/c1-3-26-22(25)21-16(2)20(23-15-24-21)13-12-17-8-7-11-19(14-17)18-9-5-4-6-10-18/h4-6,9-10,15,17,19H,3,7-8,11-14H2,1-2H3/t17-,19-/m1/s1. The third-order valence-corrected chi connectivity index (χ3v) is 5.50. The third kappa shape index (κ3) is 4.48. The molecule has 1 aromatic carbocycles. The van der Waals surface area contributed by atoms with Crippen molar-refractivity contribution in [1.29, 1.82) is 0 Å². The zero-order chi connectivity index (χ0) is 18.4. The molecule has 1 aliphatic rings. The van der Waals surface area contributed by atoms with Gasteiger partial charge in [-0.2, -0.15) is 0 Å². The van der Waals surface area contributed by atoms with Gasteiger partial charge in [0.25, 0.3) is 0 Å². The molecule has 0 unspecified atom stereocenters. The van der Waals surface area contributed by atoms with Gasteiger partial charge in [0.1, 0.15) is 6.33 Å². The second kappa shape index (κ2) is 8.93. The van der Waals surface area contributed by atoms with Gasteiger partial charge in [-0.25, -0.2) is 14.8 Å². The number of hydrogen-bond acceptors (Lipinski definition) is 4. The lowest BCUT2D eigenvalue weighted by Gasteiger charge is -2.29. The topological polar surface area (TPSA) is 52.1 Å². The fourth-order valence-corrected chi connectivity index (χ4v) is 4.07. The van der Waals surface area contributed by atoms with Crippen LogP contribution >= 0.6 is 0 Å². The van der Waals surface area contributed by atoms with Crippen LogP contribution in [0, 0.1) is 12.8 Å². The van der Waals surface area contributed by atoms with Crippen LogP contribution in [0.25, 0.3) is 0 Å². The maximum absolute atomic E-state index is 12.0. The number of carbonyl (C=O) groups excluding carboxylic acids is 1. The number of aromatic nitrogens is 2. The van der Waals surface area contributed by atoms with Gasteiger partial charge < -0.3 is 4.74 Å². The smallest absolute Gasteiger partial charge is 0.357 e. The largest absolute Gasteiger partial charge is 0.461 e. The first-order chi connectivity index (χ1) is 12.7. The zero-order valence-electron chi connectivity index (χ0n) is 15.8. The first-order valence-corrected chi connectivity index (χ1v) is 9.71. The molecule has 2 aromatic rings.